The van der Waals surface area contributed by atoms with Crippen molar-refractivity contribution >= 4 is 28.8 Å². The predicted octanol–water partition coefficient (Wildman–Crippen LogP) is 3.68. The molecule has 2 N–H and O–H groups in total. The fourth-order valence-corrected chi connectivity index (χ4v) is 2.76. The summed E-state index contributed by atoms with van der Waals surface area (Å²) in [7, 11) is 0. The first-order chi connectivity index (χ1) is 9.24. The molecular formula is C15H23ClN2OS. The van der Waals surface area contributed by atoms with E-state index in [0.29, 0.717) is 19.5 Å². The van der Waals surface area contributed by atoms with E-state index in [2.05, 4.69) is 6.58 Å². The zero-order valence-corrected chi connectivity index (χ0v) is 13.9. The van der Waals surface area contributed by atoms with Crippen LogP contribution in [-0.2, 0) is 11.3 Å². The largest absolute Gasteiger partial charge is 0.334 e. The molecule has 0 aliphatic rings. The Bertz CT molecular complexity index is 465. The second-order valence-corrected chi connectivity index (χ2v) is 7.75. The van der Waals surface area contributed by atoms with Gasteiger partial charge in [-0.2, -0.15) is 0 Å². The van der Waals surface area contributed by atoms with Crippen LogP contribution in [0.1, 0.15) is 32.1 Å². The number of thiophene rings is 1. The number of nitrogens with zero attached hydrogens (tertiary/aromatic N) is 1. The van der Waals surface area contributed by atoms with Crippen LogP contribution in [0.3, 0.4) is 0 Å². The summed E-state index contributed by atoms with van der Waals surface area (Å²) in [5.41, 5.74) is 6.01. The third-order valence-electron chi connectivity index (χ3n) is 3.18. The van der Waals surface area contributed by atoms with Gasteiger partial charge in [-0.15, -0.1) is 17.9 Å². The lowest BCUT2D eigenvalue weighted by Gasteiger charge is -2.29. The van der Waals surface area contributed by atoms with Crippen LogP contribution in [0.4, 0.5) is 0 Å². The lowest BCUT2D eigenvalue weighted by atomic mass is 9.85. The highest BCUT2D eigenvalue weighted by molar-refractivity contribution is 7.16. The van der Waals surface area contributed by atoms with Crippen LogP contribution in [0.15, 0.2) is 24.8 Å². The fraction of sp³-hybridized carbons (Fsp3) is 0.533. The van der Waals surface area contributed by atoms with E-state index >= 15 is 0 Å². The Balaban J connectivity index is 2.70. The second kappa shape index (κ2) is 7.25. The molecule has 1 unspecified atom stereocenters. The SMILES string of the molecule is C=CCN(Cc1ccc(Cl)s1)C(=O)CC(N)C(C)(C)C. The van der Waals surface area contributed by atoms with Gasteiger partial charge in [0.05, 0.1) is 10.9 Å². The minimum Gasteiger partial charge on any atom is -0.334 e. The van der Waals surface area contributed by atoms with Crippen LogP contribution >= 0.6 is 22.9 Å². The van der Waals surface area contributed by atoms with Gasteiger partial charge in [-0.1, -0.05) is 38.4 Å². The van der Waals surface area contributed by atoms with Crippen molar-refractivity contribution in [2.24, 2.45) is 11.1 Å². The van der Waals surface area contributed by atoms with Gasteiger partial charge in [0.15, 0.2) is 0 Å². The first kappa shape index (κ1) is 17.2. The van der Waals surface area contributed by atoms with Gasteiger partial charge >= 0.3 is 0 Å². The molecule has 0 aliphatic carbocycles. The summed E-state index contributed by atoms with van der Waals surface area (Å²) in [5.74, 6) is 0.0526. The van der Waals surface area contributed by atoms with E-state index in [1.807, 2.05) is 32.9 Å². The van der Waals surface area contributed by atoms with Crippen LogP contribution < -0.4 is 5.73 Å². The first-order valence-corrected chi connectivity index (χ1v) is 7.82. The van der Waals surface area contributed by atoms with E-state index in [1.54, 1.807) is 11.0 Å². The van der Waals surface area contributed by atoms with Crippen molar-refractivity contribution in [1.29, 1.82) is 0 Å². The van der Waals surface area contributed by atoms with Crippen molar-refractivity contribution in [1.82, 2.24) is 4.90 Å². The third-order valence-corrected chi connectivity index (χ3v) is 4.40. The molecule has 0 radical (unpaired) electrons. The summed E-state index contributed by atoms with van der Waals surface area (Å²) in [6.45, 7) is 10.9. The van der Waals surface area contributed by atoms with Gasteiger partial charge in [0.1, 0.15) is 0 Å². The number of hydrogen-bond acceptors (Lipinski definition) is 3. The van der Waals surface area contributed by atoms with Crippen LogP contribution in [0.5, 0.6) is 0 Å². The molecule has 5 heteroatoms. The molecule has 1 rings (SSSR count). The van der Waals surface area contributed by atoms with E-state index in [0.717, 1.165) is 9.21 Å². The van der Waals surface area contributed by atoms with Gasteiger partial charge in [0.2, 0.25) is 5.91 Å². The Labute approximate surface area is 130 Å². The normalized spacial score (nSPS) is 13.1. The summed E-state index contributed by atoms with van der Waals surface area (Å²) in [5, 5.41) is 0. The highest BCUT2D eigenvalue weighted by Crippen LogP contribution is 2.24. The van der Waals surface area contributed by atoms with Crippen molar-refractivity contribution in [2.75, 3.05) is 6.54 Å². The smallest absolute Gasteiger partial charge is 0.224 e. The van der Waals surface area contributed by atoms with Crippen molar-refractivity contribution in [3.8, 4) is 0 Å². The van der Waals surface area contributed by atoms with Crippen molar-refractivity contribution < 1.29 is 4.79 Å². The molecule has 0 fully saturated rings. The number of halogens is 1. The number of hydrogen-bond donors (Lipinski definition) is 1. The van der Waals surface area contributed by atoms with E-state index in [-0.39, 0.29) is 17.4 Å². The molecule has 0 aromatic carbocycles. The average Bonchev–Trinajstić information content (AvgIpc) is 2.73. The van der Waals surface area contributed by atoms with Gasteiger partial charge in [0.25, 0.3) is 0 Å². The minimum atomic E-state index is -0.158. The molecule has 0 bridgehead atoms. The summed E-state index contributed by atoms with van der Waals surface area (Å²) in [6.07, 6.45) is 2.08. The number of carbonyl (C=O) groups is 1. The maximum atomic E-state index is 12.4. The Morgan fingerprint density at radius 3 is 2.65 bits per heavy atom. The molecule has 3 nitrogen and oxygen atoms in total. The van der Waals surface area contributed by atoms with Gasteiger partial charge in [-0.05, 0) is 17.5 Å². The Hall–Kier alpha value is -0.840. The van der Waals surface area contributed by atoms with Crippen LogP contribution in [0, 0.1) is 5.41 Å². The lowest BCUT2D eigenvalue weighted by molar-refractivity contribution is -0.132. The van der Waals surface area contributed by atoms with E-state index in [9.17, 15) is 4.79 Å². The molecule has 1 aromatic rings. The average molecular weight is 315 g/mol. The molecule has 0 saturated heterocycles. The van der Waals surface area contributed by atoms with Crippen molar-refractivity contribution in [3.05, 3.63) is 34.0 Å². The topological polar surface area (TPSA) is 46.3 Å². The predicted molar refractivity (Wildman–Crippen MR) is 87.0 cm³/mol. The second-order valence-electron chi connectivity index (χ2n) is 5.95. The summed E-state index contributed by atoms with van der Waals surface area (Å²) in [6, 6.07) is 3.63. The molecule has 112 valence electrons. The number of carbonyl (C=O) groups excluding carboxylic acids is 1. The molecule has 1 aromatic heterocycles. The molecular weight excluding hydrogens is 292 g/mol. The van der Waals surface area contributed by atoms with Crippen molar-refractivity contribution in [2.45, 2.75) is 39.8 Å². The molecule has 0 saturated carbocycles. The Morgan fingerprint density at radius 2 is 2.20 bits per heavy atom. The standard InChI is InChI=1S/C15H23ClN2OS/c1-5-8-18(10-11-6-7-13(16)20-11)14(19)9-12(17)15(2,3)4/h5-7,12H,1,8-10,17H2,2-4H3. The number of nitrogens with two attached hydrogens (primary N) is 1. The highest BCUT2D eigenvalue weighted by atomic mass is 35.5. The quantitative estimate of drug-likeness (QED) is 0.814. The molecule has 1 amide bonds. The van der Waals surface area contributed by atoms with E-state index in [1.165, 1.54) is 11.3 Å². The maximum Gasteiger partial charge on any atom is 0.224 e. The Morgan fingerprint density at radius 1 is 1.55 bits per heavy atom. The first-order valence-electron chi connectivity index (χ1n) is 6.62. The van der Waals surface area contributed by atoms with Gasteiger partial charge in [0, 0.05) is 23.9 Å². The van der Waals surface area contributed by atoms with Gasteiger partial charge in [-0.3, -0.25) is 4.79 Å². The summed E-state index contributed by atoms with van der Waals surface area (Å²) in [4.78, 5) is 15.2. The van der Waals surface area contributed by atoms with Crippen molar-refractivity contribution in [3.63, 3.8) is 0 Å². The molecule has 1 atom stereocenters. The zero-order valence-electron chi connectivity index (χ0n) is 12.4. The number of rotatable bonds is 6. The monoisotopic (exact) mass is 314 g/mol. The summed E-state index contributed by atoms with van der Waals surface area (Å²) < 4.78 is 0.734. The summed E-state index contributed by atoms with van der Waals surface area (Å²) >= 11 is 7.41. The Kier molecular flexibility index (Phi) is 6.24. The van der Waals surface area contributed by atoms with Crippen LogP contribution in [0.25, 0.3) is 0 Å². The molecule has 20 heavy (non-hydrogen) atoms. The third kappa shape index (κ3) is 5.27. The molecule has 1 heterocycles. The van der Waals surface area contributed by atoms with Gasteiger partial charge < -0.3 is 10.6 Å². The van der Waals surface area contributed by atoms with E-state index in [4.69, 9.17) is 17.3 Å². The van der Waals surface area contributed by atoms with Crippen LogP contribution in [0.2, 0.25) is 4.34 Å². The van der Waals surface area contributed by atoms with Crippen LogP contribution in [-0.4, -0.2) is 23.4 Å². The zero-order chi connectivity index (χ0) is 15.3. The fourth-order valence-electron chi connectivity index (χ4n) is 1.66. The molecule has 0 aliphatic heterocycles. The van der Waals surface area contributed by atoms with E-state index < -0.39 is 0 Å². The van der Waals surface area contributed by atoms with Gasteiger partial charge in [-0.25, -0.2) is 0 Å². The molecule has 0 spiro atoms. The highest BCUT2D eigenvalue weighted by Gasteiger charge is 2.25. The lowest BCUT2D eigenvalue weighted by Crippen LogP contribution is -2.41. The number of amides is 1. The minimum absolute atomic E-state index is 0.0526. The maximum absolute atomic E-state index is 12.4.